The van der Waals surface area contributed by atoms with E-state index in [2.05, 4.69) is 11.1 Å². The highest BCUT2D eigenvalue weighted by Gasteiger charge is 2.17. The number of nitrogens with two attached hydrogens (primary N) is 1. The summed E-state index contributed by atoms with van der Waals surface area (Å²) in [6, 6.07) is 2.21. The molecule has 0 atom stereocenters. The Balaban J connectivity index is 2.19. The predicted molar refractivity (Wildman–Crippen MR) is 66.0 cm³/mol. The standard InChI is InChI=1S/C13H16N4/c1-9-15-5-6-17(9)13-11(8-14)7-10-3-2-4-12(10)16-13/h5-7H,2-4,8,14H2,1H3. The van der Waals surface area contributed by atoms with Gasteiger partial charge in [-0.15, -0.1) is 0 Å². The van der Waals surface area contributed by atoms with E-state index in [4.69, 9.17) is 10.7 Å². The minimum absolute atomic E-state index is 0.521. The van der Waals surface area contributed by atoms with Gasteiger partial charge in [-0.05, 0) is 37.8 Å². The summed E-state index contributed by atoms with van der Waals surface area (Å²) in [5.41, 5.74) is 9.53. The third kappa shape index (κ3) is 1.65. The van der Waals surface area contributed by atoms with Gasteiger partial charge in [-0.2, -0.15) is 0 Å². The van der Waals surface area contributed by atoms with Crippen LogP contribution in [0.2, 0.25) is 0 Å². The van der Waals surface area contributed by atoms with E-state index >= 15 is 0 Å². The second kappa shape index (κ2) is 3.96. The number of aromatic nitrogens is 3. The average Bonchev–Trinajstić information content (AvgIpc) is 2.94. The summed E-state index contributed by atoms with van der Waals surface area (Å²) in [6.07, 6.45) is 7.17. The van der Waals surface area contributed by atoms with Crippen molar-refractivity contribution in [3.8, 4) is 5.82 Å². The van der Waals surface area contributed by atoms with Gasteiger partial charge in [0.2, 0.25) is 0 Å². The zero-order valence-corrected chi connectivity index (χ0v) is 9.98. The second-order valence-electron chi connectivity index (χ2n) is 4.48. The smallest absolute Gasteiger partial charge is 0.142 e. The quantitative estimate of drug-likeness (QED) is 0.848. The Morgan fingerprint density at radius 1 is 1.41 bits per heavy atom. The Hall–Kier alpha value is -1.68. The van der Waals surface area contributed by atoms with Gasteiger partial charge in [-0.1, -0.05) is 0 Å². The van der Waals surface area contributed by atoms with E-state index in [9.17, 15) is 0 Å². The van der Waals surface area contributed by atoms with E-state index in [1.807, 2.05) is 17.7 Å². The molecule has 1 aliphatic carbocycles. The molecule has 2 heterocycles. The maximum absolute atomic E-state index is 5.83. The number of rotatable bonds is 2. The average molecular weight is 228 g/mol. The third-order valence-corrected chi connectivity index (χ3v) is 3.38. The van der Waals surface area contributed by atoms with Crippen molar-refractivity contribution in [3.63, 3.8) is 0 Å². The number of hydrogen-bond donors (Lipinski definition) is 1. The molecule has 0 bridgehead atoms. The topological polar surface area (TPSA) is 56.7 Å². The fourth-order valence-corrected chi connectivity index (χ4v) is 2.47. The van der Waals surface area contributed by atoms with Gasteiger partial charge in [0, 0.05) is 30.2 Å². The number of pyridine rings is 1. The Bertz CT molecular complexity index is 557. The molecule has 0 saturated carbocycles. The van der Waals surface area contributed by atoms with Gasteiger partial charge in [0.25, 0.3) is 0 Å². The van der Waals surface area contributed by atoms with Gasteiger partial charge >= 0.3 is 0 Å². The summed E-state index contributed by atoms with van der Waals surface area (Å²) in [4.78, 5) is 9.01. The van der Waals surface area contributed by atoms with Gasteiger partial charge in [-0.25, -0.2) is 9.97 Å². The van der Waals surface area contributed by atoms with Crippen LogP contribution in [0.3, 0.4) is 0 Å². The lowest BCUT2D eigenvalue weighted by atomic mass is 10.1. The first-order chi connectivity index (χ1) is 8.29. The fourth-order valence-electron chi connectivity index (χ4n) is 2.47. The molecule has 2 aromatic heterocycles. The number of nitrogens with zero attached hydrogens (tertiary/aromatic N) is 3. The van der Waals surface area contributed by atoms with Crippen LogP contribution in [0.5, 0.6) is 0 Å². The van der Waals surface area contributed by atoms with Crippen LogP contribution in [0.4, 0.5) is 0 Å². The largest absolute Gasteiger partial charge is 0.326 e. The van der Waals surface area contributed by atoms with Crippen LogP contribution in [0.25, 0.3) is 5.82 Å². The van der Waals surface area contributed by atoms with Crippen molar-refractivity contribution in [3.05, 3.63) is 41.1 Å². The molecule has 1 aliphatic rings. The second-order valence-corrected chi connectivity index (χ2v) is 4.48. The van der Waals surface area contributed by atoms with Crippen molar-refractivity contribution >= 4 is 0 Å². The van der Waals surface area contributed by atoms with Gasteiger partial charge in [0.1, 0.15) is 11.6 Å². The van der Waals surface area contributed by atoms with Crippen LogP contribution >= 0.6 is 0 Å². The zero-order valence-electron chi connectivity index (χ0n) is 9.98. The first-order valence-corrected chi connectivity index (χ1v) is 6.01. The minimum atomic E-state index is 0.521. The van der Waals surface area contributed by atoms with Crippen LogP contribution in [-0.4, -0.2) is 14.5 Å². The van der Waals surface area contributed by atoms with E-state index in [0.29, 0.717) is 6.54 Å². The van der Waals surface area contributed by atoms with Crippen molar-refractivity contribution in [2.24, 2.45) is 5.73 Å². The Morgan fingerprint density at radius 2 is 2.29 bits per heavy atom. The van der Waals surface area contributed by atoms with Crippen molar-refractivity contribution in [1.29, 1.82) is 0 Å². The lowest BCUT2D eigenvalue weighted by molar-refractivity contribution is 0.867. The van der Waals surface area contributed by atoms with Gasteiger partial charge in [-0.3, -0.25) is 4.57 Å². The Labute approximate surface area is 101 Å². The molecular weight excluding hydrogens is 212 g/mol. The molecule has 0 spiro atoms. The van der Waals surface area contributed by atoms with Crippen LogP contribution in [-0.2, 0) is 19.4 Å². The number of aryl methyl sites for hydroxylation is 3. The van der Waals surface area contributed by atoms with Crippen molar-refractivity contribution < 1.29 is 0 Å². The number of fused-ring (bicyclic) bond motifs is 1. The number of imidazole rings is 1. The van der Waals surface area contributed by atoms with Gasteiger partial charge in [0.05, 0.1) is 0 Å². The van der Waals surface area contributed by atoms with E-state index in [-0.39, 0.29) is 0 Å². The molecule has 3 rings (SSSR count). The molecule has 0 fully saturated rings. The number of hydrogen-bond acceptors (Lipinski definition) is 3. The fraction of sp³-hybridized carbons (Fsp3) is 0.385. The van der Waals surface area contributed by atoms with E-state index in [1.54, 1.807) is 6.20 Å². The van der Waals surface area contributed by atoms with Crippen LogP contribution in [0.1, 0.15) is 29.1 Å². The molecule has 4 nitrogen and oxygen atoms in total. The van der Waals surface area contributed by atoms with Crippen molar-refractivity contribution in [2.45, 2.75) is 32.7 Å². The highest BCUT2D eigenvalue weighted by molar-refractivity contribution is 5.42. The third-order valence-electron chi connectivity index (χ3n) is 3.38. The molecule has 0 saturated heterocycles. The summed E-state index contributed by atoms with van der Waals surface area (Å²) in [7, 11) is 0. The van der Waals surface area contributed by atoms with Crippen LogP contribution in [0, 0.1) is 6.92 Å². The molecule has 0 unspecified atom stereocenters. The lowest BCUT2D eigenvalue weighted by Gasteiger charge is -2.12. The normalized spacial score (nSPS) is 14.0. The SMILES string of the molecule is Cc1nccn1-c1nc2c(cc1CN)CCC2. The maximum atomic E-state index is 5.83. The summed E-state index contributed by atoms with van der Waals surface area (Å²) in [6.45, 7) is 2.50. The maximum Gasteiger partial charge on any atom is 0.142 e. The van der Waals surface area contributed by atoms with Gasteiger partial charge in [0.15, 0.2) is 0 Å². The molecule has 17 heavy (non-hydrogen) atoms. The summed E-state index contributed by atoms with van der Waals surface area (Å²) in [5.74, 6) is 1.90. The summed E-state index contributed by atoms with van der Waals surface area (Å²) in [5, 5.41) is 0. The molecule has 4 heteroatoms. The molecule has 0 radical (unpaired) electrons. The first-order valence-electron chi connectivity index (χ1n) is 6.01. The van der Waals surface area contributed by atoms with E-state index in [0.717, 1.165) is 30.0 Å². The zero-order chi connectivity index (χ0) is 11.8. The first kappa shape index (κ1) is 10.5. The molecule has 0 amide bonds. The summed E-state index contributed by atoms with van der Waals surface area (Å²) >= 11 is 0. The van der Waals surface area contributed by atoms with E-state index < -0.39 is 0 Å². The minimum Gasteiger partial charge on any atom is -0.326 e. The molecule has 0 aromatic carbocycles. The Kier molecular flexibility index (Phi) is 2.44. The molecule has 2 N–H and O–H groups in total. The molecular formula is C13H16N4. The molecule has 88 valence electrons. The van der Waals surface area contributed by atoms with E-state index in [1.165, 1.54) is 17.7 Å². The monoisotopic (exact) mass is 228 g/mol. The van der Waals surface area contributed by atoms with Crippen molar-refractivity contribution in [1.82, 2.24) is 14.5 Å². The van der Waals surface area contributed by atoms with Gasteiger partial charge < -0.3 is 5.73 Å². The van der Waals surface area contributed by atoms with Crippen LogP contribution < -0.4 is 5.73 Å². The summed E-state index contributed by atoms with van der Waals surface area (Å²) < 4.78 is 2.01. The molecule has 2 aromatic rings. The van der Waals surface area contributed by atoms with Crippen LogP contribution in [0.15, 0.2) is 18.5 Å². The highest BCUT2D eigenvalue weighted by atomic mass is 15.1. The highest BCUT2D eigenvalue weighted by Crippen LogP contribution is 2.24. The molecule has 0 aliphatic heterocycles. The van der Waals surface area contributed by atoms with Crippen molar-refractivity contribution in [2.75, 3.05) is 0 Å². The lowest BCUT2D eigenvalue weighted by Crippen LogP contribution is -2.09. The Morgan fingerprint density at radius 3 is 3.00 bits per heavy atom. The predicted octanol–water partition coefficient (Wildman–Crippen LogP) is 1.52.